The molecule has 0 bridgehead atoms. The van der Waals surface area contributed by atoms with E-state index in [1.165, 1.54) is 0 Å². The van der Waals surface area contributed by atoms with Gasteiger partial charge in [-0.15, -0.1) is 12.4 Å². The predicted molar refractivity (Wildman–Crippen MR) is 61.9 cm³/mol. The van der Waals surface area contributed by atoms with E-state index in [1.54, 1.807) is 12.1 Å². The number of rotatable bonds is 4. The van der Waals surface area contributed by atoms with E-state index in [0.29, 0.717) is 18.7 Å². The number of nitrogens with one attached hydrogen (secondary N) is 1. The zero-order chi connectivity index (χ0) is 10.4. The summed E-state index contributed by atoms with van der Waals surface area (Å²) in [6.07, 6.45) is 0.320. The number of hydrogen-bond donors (Lipinski definition) is 3. The van der Waals surface area contributed by atoms with Crippen molar-refractivity contribution in [3.63, 3.8) is 0 Å². The quantitative estimate of drug-likeness (QED) is 0.653. The molecule has 1 amide bonds. The first-order valence-corrected chi connectivity index (χ1v) is 4.44. The van der Waals surface area contributed by atoms with Crippen LogP contribution in [0.4, 0.5) is 5.69 Å². The number of nitrogens with two attached hydrogens (primary N) is 1. The second-order valence-corrected chi connectivity index (χ2v) is 2.99. The Morgan fingerprint density at radius 1 is 1.33 bits per heavy atom. The highest BCUT2D eigenvalue weighted by Crippen LogP contribution is 2.05. The first-order chi connectivity index (χ1) is 6.72. The third-order valence-corrected chi connectivity index (χ3v) is 1.78. The van der Waals surface area contributed by atoms with Crippen molar-refractivity contribution in [2.75, 3.05) is 18.9 Å². The minimum absolute atomic E-state index is 0. The van der Waals surface area contributed by atoms with Crippen LogP contribution in [0.25, 0.3) is 0 Å². The maximum atomic E-state index is 11.2. The summed E-state index contributed by atoms with van der Waals surface area (Å²) in [7, 11) is 0. The molecular weight excluding hydrogens is 216 g/mol. The molecule has 0 fully saturated rings. The minimum Gasteiger partial charge on any atom is -0.399 e. The zero-order valence-electron chi connectivity index (χ0n) is 8.27. The lowest BCUT2D eigenvalue weighted by Gasteiger charge is -2.03. The third-order valence-electron chi connectivity index (χ3n) is 1.78. The average Bonchev–Trinajstić information content (AvgIpc) is 2.18. The van der Waals surface area contributed by atoms with E-state index >= 15 is 0 Å². The van der Waals surface area contributed by atoms with Crippen LogP contribution in [0.2, 0.25) is 0 Å². The van der Waals surface area contributed by atoms with Crippen molar-refractivity contribution in [1.29, 1.82) is 0 Å². The fourth-order valence-corrected chi connectivity index (χ4v) is 1.08. The van der Waals surface area contributed by atoms with Gasteiger partial charge in [-0.1, -0.05) is 12.1 Å². The maximum Gasteiger partial charge on any atom is 0.224 e. The number of hydrogen-bond acceptors (Lipinski definition) is 3. The molecule has 0 heterocycles. The van der Waals surface area contributed by atoms with E-state index < -0.39 is 0 Å². The molecule has 0 spiro atoms. The second kappa shape index (κ2) is 7.09. The number of aliphatic hydroxyl groups excluding tert-OH is 1. The number of aliphatic hydroxyl groups is 1. The molecular formula is C10H15ClN2O2. The largest absolute Gasteiger partial charge is 0.399 e. The molecule has 0 atom stereocenters. The molecule has 4 nitrogen and oxygen atoms in total. The summed E-state index contributed by atoms with van der Waals surface area (Å²) < 4.78 is 0. The van der Waals surface area contributed by atoms with Crippen LogP contribution in [0.1, 0.15) is 5.56 Å². The van der Waals surface area contributed by atoms with Crippen molar-refractivity contribution in [2.45, 2.75) is 6.42 Å². The summed E-state index contributed by atoms with van der Waals surface area (Å²) in [5, 5.41) is 11.1. The van der Waals surface area contributed by atoms with Crippen LogP contribution in [0, 0.1) is 0 Å². The van der Waals surface area contributed by atoms with Gasteiger partial charge in [0.05, 0.1) is 13.0 Å². The monoisotopic (exact) mass is 230 g/mol. The van der Waals surface area contributed by atoms with Gasteiger partial charge in [-0.2, -0.15) is 0 Å². The van der Waals surface area contributed by atoms with Crippen LogP contribution in [-0.4, -0.2) is 24.2 Å². The smallest absolute Gasteiger partial charge is 0.224 e. The highest BCUT2D eigenvalue weighted by molar-refractivity contribution is 5.85. The molecule has 15 heavy (non-hydrogen) atoms. The number of carbonyl (C=O) groups is 1. The van der Waals surface area contributed by atoms with Crippen LogP contribution in [0.5, 0.6) is 0 Å². The average molecular weight is 231 g/mol. The Balaban J connectivity index is 0.00000196. The van der Waals surface area contributed by atoms with Gasteiger partial charge in [-0.3, -0.25) is 4.79 Å². The summed E-state index contributed by atoms with van der Waals surface area (Å²) >= 11 is 0. The summed E-state index contributed by atoms with van der Waals surface area (Å²) in [4.78, 5) is 11.2. The predicted octanol–water partition coefficient (Wildman–Crippen LogP) is 0.342. The van der Waals surface area contributed by atoms with E-state index in [-0.39, 0.29) is 24.9 Å². The molecule has 0 unspecified atom stereocenters. The first-order valence-electron chi connectivity index (χ1n) is 4.44. The Hall–Kier alpha value is -1.26. The fraction of sp³-hybridized carbons (Fsp3) is 0.300. The van der Waals surface area contributed by atoms with Crippen LogP contribution in [0.3, 0.4) is 0 Å². The Morgan fingerprint density at radius 2 is 1.93 bits per heavy atom. The number of anilines is 1. The maximum absolute atomic E-state index is 11.2. The Morgan fingerprint density at radius 3 is 2.47 bits per heavy atom. The molecule has 84 valence electrons. The molecule has 0 saturated carbocycles. The van der Waals surface area contributed by atoms with Gasteiger partial charge in [-0.05, 0) is 17.7 Å². The number of halogens is 1. The Kier molecular flexibility index (Phi) is 6.49. The fourth-order valence-electron chi connectivity index (χ4n) is 1.08. The highest BCUT2D eigenvalue weighted by Gasteiger charge is 2.01. The van der Waals surface area contributed by atoms with Crippen LogP contribution in [0.15, 0.2) is 24.3 Å². The van der Waals surface area contributed by atoms with Crippen molar-refractivity contribution >= 4 is 24.0 Å². The molecule has 1 aromatic carbocycles. The molecule has 0 saturated heterocycles. The van der Waals surface area contributed by atoms with Crippen molar-refractivity contribution < 1.29 is 9.90 Å². The summed E-state index contributed by atoms with van der Waals surface area (Å²) in [5.41, 5.74) is 7.10. The molecule has 1 aromatic rings. The van der Waals surface area contributed by atoms with E-state index in [2.05, 4.69) is 5.32 Å². The van der Waals surface area contributed by atoms with Crippen LogP contribution in [-0.2, 0) is 11.2 Å². The van der Waals surface area contributed by atoms with Gasteiger partial charge in [0.15, 0.2) is 0 Å². The molecule has 0 aliphatic rings. The normalized spacial score (nSPS) is 9.13. The number of carbonyl (C=O) groups excluding carboxylic acids is 1. The highest BCUT2D eigenvalue weighted by atomic mass is 35.5. The van der Waals surface area contributed by atoms with Crippen LogP contribution < -0.4 is 11.1 Å². The van der Waals surface area contributed by atoms with Crippen molar-refractivity contribution in [3.05, 3.63) is 29.8 Å². The van der Waals surface area contributed by atoms with Gasteiger partial charge in [0.25, 0.3) is 0 Å². The third kappa shape index (κ3) is 5.24. The summed E-state index contributed by atoms with van der Waals surface area (Å²) in [5.74, 6) is -0.0937. The topological polar surface area (TPSA) is 75.4 Å². The summed E-state index contributed by atoms with van der Waals surface area (Å²) in [6.45, 7) is 0.265. The SMILES string of the molecule is Cl.Nc1ccc(CC(=O)NCCO)cc1. The lowest BCUT2D eigenvalue weighted by Crippen LogP contribution is -2.27. The van der Waals surface area contributed by atoms with Crippen LogP contribution >= 0.6 is 12.4 Å². The lowest BCUT2D eigenvalue weighted by molar-refractivity contribution is -0.120. The minimum atomic E-state index is -0.0937. The second-order valence-electron chi connectivity index (χ2n) is 2.99. The van der Waals surface area contributed by atoms with E-state index in [4.69, 9.17) is 10.8 Å². The summed E-state index contributed by atoms with van der Waals surface area (Å²) in [6, 6.07) is 7.14. The van der Waals surface area contributed by atoms with Gasteiger partial charge < -0.3 is 16.2 Å². The molecule has 0 aliphatic carbocycles. The van der Waals surface area contributed by atoms with E-state index in [1.807, 2.05) is 12.1 Å². The van der Waals surface area contributed by atoms with Crippen molar-refractivity contribution in [1.82, 2.24) is 5.32 Å². The standard InChI is InChI=1S/C10H14N2O2.ClH/c11-9-3-1-8(2-4-9)7-10(14)12-5-6-13;/h1-4,13H,5-7,11H2,(H,12,14);1H. The van der Waals surface area contributed by atoms with E-state index in [9.17, 15) is 4.79 Å². The lowest BCUT2D eigenvalue weighted by atomic mass is 10.1. The zero-order valence-corrected chi connectivity index (χ0v) is 9.09. The molecule has 0 radical (unpaired) electrons. The molecule has 4 N–H and O–H groups in total. The van der Waals surface area contributed by atoms with Gasteiger partial charge in [0.2, 0.25) is 5.91 Å². The molecule has 0 aliphatic heterocycles. The van der Waals surface area contributed by atoms with Gasteiger partial charge >= 0.3 is 0 Å². The number of benzene rings is 1. The van der Waals surface area contributed by atoms with Gasteiger partial charge in [0.1, 0.15) is 0 Å². The Labute approximate surface area is 94.9 Å². The molecule has 1 rings (SSSR count). The molecule has 0 aromatic heterocycles. The molecule has 5 heteroatoms. The number of nitrogen functional groups attached to an aromatic ring is 1. The Bertz CT molecular complexity index is 301. The van der Waals surface area contributed by atoms with E-state index in [0.717, 1.165) is 5.56 Å². The number of amides is 1. The van der Waals surface area contributed by atoms with Gasteiger partial charge in [-0.25, -0.2) is 0 Å². The van der Waals surface area contributed by atoms with Gasteiger partial charge in [0, 0.05) is 12.2 Å². The van der Waals surface area contributed by atoms with Crippen molar-refractivity contribution in [3.8, 4) is 0 Å². The van der Waals surface area contributed by atoms with Crippen molar-refractivity contribution in [2.24, 2.45) is 0 Å². The first kappa shape index (κ1) is 13.7.